The maximum absolute atomic E-state index is 6.23. The van der Waals surface area contributed by atoms with Gasteiger partial charge in [-0.15, -0.1) is 0 Å². The van der Waals surface area contributed by atoms with Gasteiger partial charge in [0, 0.05) is 0 Å². The molecular formula is C24H32B2O4. The summed E-state index contributed by atoms with van der Waals surface area (Å²) in [5.74, 6) is 0. The summed E-state index contributed by atoms with van der Waals surface area (Å²) in [4.78, 5) is 0. The van der Waals surface area contributed by atoms with Gasteiger partial charge in [0.15, 0.2) is 0 Å². The SMILES string of the molecule is CC1(C)OB(c2cccc(-c3cccc(B4OC(C)(C)C(C)(C)O4)c3)c2)OC1(C)C. The summed E-state index contributed by atoms with van der Waals surface area (Å²) in [5, 5.41) is 0. The Kier molecular flexibility index (Phi) is 5.02. The fraction of sp³-hybridized carbons (Fsp3) is 0.500. The summed E-state index contributed by atoms with van der Waals surface area (Å²) in [6.45, 7) is 16.6. The molecule has 0 N–H and O–H groups in total. The van der Waals surface area contributed by atoms with Crippen LogP contribution < -0.4 is 10.9 Å². The van der Waals surface area contributed by atoms with E-state index < -0.39 is 0 Å². The van der Waals surface area contributed by atoms with E-state index in [-0.39, 0.29) is 36.6 Å². The number of hydrogen-bond acceptors (Lipinski definition) is 4. The van der Waals surface area contributed by atoms with Crippen LogP contribution in [0.25, 0.3) is 11.1 Å². The first-order chi connectivity index (χ1) is 13.8. The lowest BCUT2D eigenvalue weighted by molar-refractivity contribution is 0.00578. The van der Waals surface area contributed by atoms with E-state index in [4.69, 9.17) is 18.6 Å². The highest BCUT2D eigenvalue weighted by atomic mass is 16.7. The van der Waals surface area contributed by atoms with Crippen molar-refractivity contribution in [2.45, 2.75) is 77.8 Å². The average Bonchev–Trinajstić information content (AvgIpc) is 3.02. The molecule has 2 aliphatic rings. The summed E-state index contributed by atoms with van der Waals surface area (Å²) in [7, 11) is -0.748. The third-order valence-electron chi connectivity index (χ3n) is 7.16. The highest BCUT2D eigenvalue weighted by molar-refractivity contribution is 6.62. The minimum atomic E-state index is -0.374. The Morgan fingerprint density at radius 1 is 0.500 bits per heavy atom. The maximum Gasteiger partial charge on any atom is 0.494 e. The van der Waals surface area contributed by atoms with E-state index in [1.54, 1.807) is 0 Å². The van der Waals surface area contributed by atoms with Crippen LogP contribution in [0.1, 0.15) is 55.4 Å². The molecule has 4 nitrogen and oxygen atoms in total. The van der Waals surface area contributed by atoms with Gasteiger partial charge in [0.05, 0.1) is 22.4 Å². The summed E-state index contributed by atoms with van der Waals surface area (Å²) >= 11 is 0. The Morgan fingerprint density at radius 3 is 1.10 bits per heavy atom. The molecule has 0 aliphatic carbocycles. The lowest BCUT2D eigenvalue weighted by Gasteiger charge is -2.32. The van der Waals surface area contributed by atoms with Crippen LogP contribution in [-0.4, -0.2) is 36.6 Å². The van der Waals surface area contributed by atoms with Crippen LogP contribution in [0, 0.1) is 0 Å². The van der Waals surface area contributed by atoms with Crippen molar-refractivity contribution in [3.05, 3.63) is 48.5 Å². The highest BCUT2D eigenvalue weighted by Crippen LogP contribution is 2.38. The highest BCUT2D eigenvalue weighted by Gasteiger charge is 2.52. The Labute approximate surface area is 181 Å². The van der Waals surface area contributed by atoms with Gasteiger partial charge in [-0.1, -0.05) is 48.5 Å². The second-order valence-corrected chi connectivity index (χ2v) is 10.4. The number of benzene rings is 2. The van der Waals surface area contributed by atoms with Crippen LogP contribution in [-0.2, 0) is 18.6 Å². The lowest BCUT2D eigenvalue weighted by atomic mass is 9.76. The van der Waals surface area contributed by atoms with Gasteiger partial charge in [-0.25, -0.2) is 0 Å². The molecule has 0 unspecified atom stereocenters. The van der Waals surface area contributed by atoms with Gasteiger partial charge < -0.3 is 18.6 Å². The molecule has 2 fully saturated rings. The van der Waals surface area contributed by atoms with Crippen molar-refractivity contribution in [1.29, 1.82) is 0 Å². The molecule has 6 heteroatoms. The maximum atomic E-state index is 6.23. The number of hydrogen-bond donors (Lipinski definition) is 0. The Bertz CT molecular complexity index is 842. The Hall–Kier alpha value is -1.59. The lowest BCUT2D eigenvalue weighted by Crippen LogP contribution is -2.41. The van der Waals surface area contributed by atoms with Crippen molar-refractivity contribution in [3.63, 3.8) is 0 Å². The van der Waals surface area contributed by atoms with Gasteiger partial charge in [0.25, 0.3) is 0 Å². The van der Waals surface area contributed by atoms with Crippen LogP contribution in [0.15, 0.2) is 48.5 Å². The first-order valence-corrected chi connectivity index (χ1v) is 10.7. The van der Waals surface area contributed by atoms with Crippen LogP contribution in [0.4, 0.5) is 0 Å². The minimum Gasteiger partial charge on any atom is -0.399 e. The largest absolute Gasteiger partial charge is 0.494 e. The Balaban J connectivity index is 1.61. The average molecular weight is 406 g/mol. The van der Waals surface area contributed by atoms with E-state index in [1.807, 2.05) is 0 Å². The smallest absolute Gasteiger partial charge is 0.399 e. The zero-order chi connectivity index (χ0) is 21.9. The molecule has 2 aliphatic heterocycles. The molecule has 2 aromatic carbocycles. The predicted molar refractivity (Wildman–Crippen MR) is 123 cm³/mol. The minimum absolute atomic E-state index is 0.357. The molecule has 0 atom stereocenters. The molecule has 30 heavy (non-hydrogen) atoms. The second kappa shape index (κ2) is 6.96. The van der Waals surface area contributed by atoms with Crippen molar-refractivity contribution in [2.24, 2.45) is 0 Å². The summed E-state index contributed by atoms with van der Waals surface area (Å²) < 4.78 is 24.9. The molecule has 0 bridgehead atoms. The standard InChI is InChI=1S/C24H32B2O4/c1-21(2)22(3,4)28-25(27-21)19-13-9-11-17(15-19)18-12-10-14-20(16-18)26-29-23(5,6)24(7,8)30-26/h9-16H,1-8H3. The molecule has 2 saturated heterocycles. The zero-order valence-corrected chi connectivity index (χ0v) is 19.4. The van der Waals surface area contributed by atoms with Crippen molar-refractivity contribution in [2.75, 3.05) is 0 Å². The van der Waals surface area contributed by atoms with E-state index in [0.717, 1.165) is 22.1 Å². The second-order valence-electron chi connectivity index (χ2n) is 10.4. The molecular weight excluding hydrogens is 374 g/mol. The van der Waals surface area contributed by atoms with E-state index in [2.05, 4.69) is 104 Å². The van der Waals surface area contributed by atoms with Crippen molar-refractivity contribution in [1.82, 2.24) is 0 Å². The van der Waals surface area contributed by atoms with Crippen LogP contribution >= 0.6 is 0 Å². The van der Waals surface area contributed by atoms with E-state index >= 15 is 0 Å². The Morgan fingerprint density at radius 2 is 0.800 bits per heavy atom. The molecule has 0 aromatic heterocycles. The van der Waals surface area contributed by atoms with Crippen molar-refractivity contribution >= 4 is 25.2 Å². The number of rotatable bonds is 3. The molecule has 0 spiro atoms. The normalized spacial score (nSPS) is 23.7. The molecule has 0 saturated carbocycles. The monoisotopic (exact) mass is 406 g/mol. The van der Waals surface area contributed by atoms with Gasteiger partial charge >= 0.3 is 14.2 Å². The van der Waals surface area contributed by atoms with Crippen molar-refractivity contribution in [3.8, 4) is 11.1 Å². The van der Waals surface area contributed by atoms with Gasteiger partial charge in [-0.05, 0) is 77.4 Å². The fourth-order valence-electron chi connectivity index (χ4n) is 3.69. The first kappa shape index (κ1) is 21.6. The summed E-state index contributed by atoms with van der Waals surface area (Å²) in [6, 6.07) is 16.7. The topological polar surface area (TPSA) is 36.9 Å². The molecule has 4 rings (SSSR count). The molecule has 2 heterocycles. The quantitative estimate of drug-likeness (QED) is 0.724. The van der Waals surface area contributed by atoms with Gasteiger partial charge in [0.2, 0.25) is 0 Å². The van der Waals surface area contributed by atoms with Gasteiger partial charge in [-0.3, -0.25) is 0 Å². The molecule has 158 valence electrons. The summed E-state index contributed by atoms with van der Waals surface area (Å²) in [6.07, 6.45) is 0. The zero-order valence-electron chi connectivity index (χ0n) is 19.4. The molecule has 0 amide bonds. The molecule has 0 radical (unpaired) electrons. The van der Waals surface area contributed by atoms with Gasteiger partial charge in [-0.2, -0.15) is 0 Å². The third-order valence-corrected chi connectivity index (χ3v) is 7.16. The third kappa shape index (κ3) is 3.64. The van der Waals surface area contributed by atoms with Crippen LogP contribution in [0.5, 0.6) is 0 Å². The van der Waals surface area contributed by atoms with E-state index in [1.165, 1.54) is 0 Å². The van der Waals surface area contributed by atoms with Crippen molar-refractivity contribution < 1.29 is 18.6 Å². The van der Waals surface area contributed by atoms with Crippen LogP contribution in [0.2, 0.25) is 0 Å². The van der Waals surface area contributed by atoms with Gasteiger partial charge in [0.1, 0.15) is 0 Å². The molecule has 2 aromatic rings. The summed E-state index contributed by atoms with van der Waals surface area (Å²) in [5.41, 5.74) is 2.84. The predicted octanol–water partition coefficient (Wildman–Crippen LogP) is 3.95. The fourth-order valence-corrected chi connectivity index (χ4v) is 3.69. The van der Waals surface area contributed by atoms with Crippen LogP contribution in [0.3, 0.4) is 0 Å². The first-order valence-electron chi connectivity index (χ1n) is 10.7. The van der Waals surface area contributed by atoms with E-state index in [0.29, 0.717) is 0 Å². The van der Waals surface area contributed by atoms with E-state index in [9.17, 15) is 0 Å².